The molecule has 2 rings (SSSR count). The summed E-state index contributed by atoms with van der Waals surface area (Å²) in [7, 11) is 1.23. The molecular weight excluding hydrogens is 344 g/mol. The minimum Gasteiger partial charge on any atom is -0.465 e. The van der Waals surface area contributed by atoms with Crippen LogP contribution in [0, 0.1) is 0 Å². The van der Waals surface area contributed by atoms with E-state index in [1.165, 1.54) is 18.9 Å². The molecule has 0 amide bonds. The first kappa shape index (κ1) is 14.9. The van der Waals surface area contributed by atoms with Crippen molar-refractivity contribution in [1.82, 2.24) is 0 Å². The second-order valence-electron chi connectivity index (χ2n) is 3.84. The van der Waals surface area contributed by atoms with Crippen molar-refractivity contribution in [2.75, 3.05) is 13.4 Å². The average molecular weight is 355 g/mol. The molecule has 0 saturated carbocycles. The Morgan fingerprint density at radius 3 is 2.50 bits per heavy atom. The van der Waals surface area contributed by atoms with Gasteiger partial charge in [-0.2, -0.15) is 0 Å². The summed E-state index contributed by atoms with van der Waals surface area (Å²) >= 11 is 4.64. The van der Waals surface area contributed by atoms with Crippen LogP contribution >= 0.6 is 27.7 Å². The van der Waals surface area contributed by atoms with Crippen molar-refractivity contribution in [3.8, 4) is 11.3 Å². The number of carbonyl (C=O) groups is 1. The molecule has 0 aliphatic carbocycles. The van der Waals surface area contributed by atoms with E-state index in [1.54, 1.807) is 12.3 Å². The van der Waals surface area contributed by atoms with Crippen LogP contribution in [-0.4, -0.2) is 19.3 Å². The Hall–Kier alpha value is -1.53. The van der Waals surface area contributed by atoms with Gasteiger partial charge in [0.25, 0.3) is 0 Å². The van der Waals surface area contributed by atoms with E-state index in [0.717, 1.165) is 10.0 Å². The van der Waals surface area contributed by atoms with Gasteiger partial charge in [0, 0.05) is 14.9 Å². The Morgan fingerprint density at radius 1 is 1.30 bits per heavy atom. The minimum absolute atomic E-state index is 0.0686. The van der Waals surface area contributed by atoms with Gasteiger partial charge < -0.3 is 9.15 Å². The minimum atomic E-state index is -0.693. The quantitative estimate of drug-likeness (QED) is 0.622. The second kappa shape index (κ2) is 6.28. The average Bonchev–Trinajstić information content (AvgIpc) is 2.46. The third-order valence-corrected chi connectivity index (χ3v) is 3.94. The van der Waals surface area contributed by atoms with Crippen molar-refractivity contribution in [3.05, 3.63) is 50.8 Å². The first-order valence-electron chi connectivity index (χ1n) is 5.63. The highest BCUT2D eigenvalue weighted by molar-refractivity contribution is 9.10. The number of thioether (sulfide) groups is 1. The lowest BCUT2D eigenvalue weighted by Crippen LogP contribution is -2.17. The van der Waals surface area contributed by atoms with Gasteiger partial charge in [-0.15, -0.1) is 11.8 Å². The molecule has 0 aliphatic heterocycles. The number of rotatable bonds is 3. The number of halogens is 1. The molecule has 0 N–H and O–H groups in total. The van der Waals surface area contributed by atoms with E-state index < -0.39 is 11.6 Å². The topological polar surface area (TPSA) is 56.5 Å². The fraction of sp³-hybridized carbons (Fsp3) is 0.143. The van der Waals surface area contributed by atoms with E-state index in [4.69, 9.17) is 4.42 Å². The number of carbonyl (C=O) groups excluding carboxylic acids is 1. The number of methoxy groups -OCH3 is 1. The number of hydrogen-bond donors (Lipinski definition) is 0. The molecule has 104 valence electrons. The molecule has 0 bridgehead atoms. The third kappa shape index (κ3) is 2.96. The Kier molecular flexibility index (Phi) is 4.67. The van der Waals surface area contributed by atoms with Crippen molar-refractivity contribution in [3.63, 3.8) is 0 Å². The van der Waals surface area contributed by atoms with E-state index in [9.17, 15) is 9.59 Å². The van der Waals surface area contributed by atoms with Crippen LogP contribution in [0.15, 0.2) is 48.9 Å². The molecule has 0 fully saturated rings. The molecule has 1 heterocycles. The number of ether oxygens (including phenoxy) is 1. The lowest BCUT2D eigenvalue weighted by molar-refractivity contribution is 0.0591. The highest BCUT2D eigenvalue weighted by atomic mass is 79.9. The molecule has 4 nitrogen and oxygen atoms in total. The molecule has 1 aromatic heterocycles. The summed E-state index contributed by atoms with van der Waals surface area (Å²) in [5, 5.41) is 0. The first-order valence-corrected chi connectivity index (χ1v) is 7.65. The van der Waals surface area contributed by atoms with Gasteiger partial charge in [-0.1, -0.05) is 28.1 Å². The van der Waals surface area contributed by atoms with Crippen molar-refractivity contribution < 1.29 is 13.9 Å². The fourth-order valence-corrected chi connectivity index (χ4v) is 2.54. The zero-order chi connectivity index (χ0) is 14.7. The van der Waals surface area contributed by atoms with Gasteiger partial charge >= 0.3 is 11.6 Å². The summed E-state index contributed by atoms with van der Waals surface area (Å²) in [5.74, 6) is -0.273. The molecule has 20 heavy (non-hydrogen) atoms. The maximum Gasteiger partial charge on any atom is 0.352 e. The molecular formula is C14H11BrO4S. The van der Waals surface area contributed by atoms with Gasteiger partial charge in [0.05, 0.1) is 7.11 Å². The summed E-state index contributed by atoms with van der Waals surface area (Å²) < 4.78 is 10.7. The van der Waals surface area contributed by atoms with Crippen molar-refractivity contribution in [2.45, 2.75) is 4.90 Å². The van der Waals surface area contributed by atoms with Crippen LogP contribution in [0.4, 0.5) is 0 Å². The third-order valence-electron chi connectivity index (χ3n) is 2.65. The van der Waals surface area contributed by atoms with Crippen LogP contribution < -0.4 is 5.63 Å². The Balaban J connectivity index is 2.58. The molecule has 0 spiro atoms. The lowest BCUT2D eigenvalue weighted by Gasteiger charge is -2.07. The number of benzene rings is 1. The summed E-state index contributed by atoms with van der Waals surface area (Å²) in [6, 6.07) is 9.01. The predicted molar refractivity (Wildman–Crippen MR) is 81.2 cm³/mol. The highest BCUT2D eigenvalue weighted by Gasteiger charge is 2.19. The summed E-state index contributed by atoms with van der Waals surface area (Å²) in [5.41, 5.74) is -0.000466. The van der Waals surface area contributed by atoms with Crippen LogP contribution in [0.3, 0.4) is 0 Å². The van der Waals surface area contributed by atoms with E-state index in [1.807, 2.05) is 24.3 Å². The van der Waals surface area contributed by atoms with Crippen LogP contribution in [0.25, 0.3) is 11.3 Å². The number of hydrogen-bond acceptors (Lipinski definition) is 5. The Labute approximate surface area is 128 Å². The zero-order valence-corrected chi connectivity index (χ0v) is 13.2. The fourth-order valence-electron chi connectivity index (χ4n) is 1.68. The van der Waals surface area contributed by atoms with E-state index in [2.05, 4.69) is 20.7 Å². The molecule has 6 heteroatoms. The normalized spacial score (nSPS) is 10.3. The van der Waals surface area contributed by atoms with Crippen LogP contribution in [0.5, 0.6) is 0 Å². The van der Waals surface area contributed by atoms with Gasteiger partial charge in [0.2, 0.25) is 0 Å². The molecule has 0 unspecified atom stereocenters. The van der Waals surface area contributed by atoms with Gasteiger partial charge in [-0.05, 0) is 24.5 Å². The Bertz CT molecular complexity index is 691. The molecule has 0 aliphatic rings. The second-order valence-corrected chi connectivity index (χ2v) is 5.60. The van der Waals surface area contributed by atoms with Crippen molar-refractivity contribution in [2.24, 2.45) is 0 Å². The maximum atomic E-state index is 12.0. The van der Waals surface area contributed by atoms with Crippen LogP contribution in [-0.2, 0) is 4.74 Å². The monoisotopic (exact) mass is 354 g/mol. The molecule has 2 aromatic rings. The molecule has 0 radical (unpaired) electrons. The maximum absolute atomic E-state index is 12.0. The van der Waals surface area contributed by atoms with Gasteiger partial charge in [0.1, 0.15) is 5.76 Å². The first-order chi connectivity index (χ1) is 9.56. The Morgan fingerprint density at radius 2 is 1.95 bits per heavy atom. The van der Waals surface area contributed by atoms with Crippen molar-refractivity contribution in [1.29, 1.82) is 0 Å². The van der Waals surface area contributed by atoms with Crippen LogP contribution in [0.2, 0.25) is 0 Å². The van der Waals surface area contributed by atoms with E-state index in [0.29, 0.717) is 10.7 Å². The van der Waals surface area contributed by atoms with E-state index >= 15 is 0 Å². The van der Waals surface area contributed by atoms with Gasteiger partial charge in [0.15, 0.2) is 5.56 Å². The summed E-state index contributed by atoms with van der Waals surface area (Å²) in [6.45, 7) is 0. The smallest absolute Gasteiger partial charge is 0.352 e. The van der Waals surface area contributed by atoms with Crippen molar-refractivity contribution >= 4 is 33.7 Å². The van der Waals surface area contributed by atoms with Gasteiger partial charge in [-0.3, -0.25) is 0 Å². The number of esters is 1. The molecule has 1 aromatic carbocycles. The molecule has 0 atom stereocenters. The SMILES string of the molecule is COC(=O)c1c(SC)cc(-c2ccc(Br)cc2)oc1=O. The lowest BCUT2D eigenvalue weighted by atomic mass is 10.1. The zero-order valence-electron chi connectivity index (χ0n) is 10.8. The summed E-state index contributed by atoms with van der Waals surface area (Å²) in [4.78, 5) is 24.1. The predicted octanol–water partition coefficient (Wildman–Crippen LogP) is 3.58. The standard InChI is InChI=1S/C14H11BrO4S/c1-18-13(16)12-11(20-2)7-10(19-14(12)17)8-3-5-9(15)6-4-8/h3-7H,1-2H3. The summed E-state index contributed by atoms with van der Waals surface area (Å²) in [6.07, 6.45) is 1.78. The van der Waals surface area contributed by atoms with Crippen LogP contribution in [0.1, 0.15) is 10.4 Å². The largest absolute Gasteiger partial charge is 0.465 e. The van der Waals surface area contributed by atoms with Gasteiger partial charge in [-0.25, -0.2) is 9.59 Å². The molecule has 0 saturated heterocycles. The highest BCUT2D eigenvalue weighted by Crippen LogP contribution is 2.26. The van der Waals surface area contributed by atoms with E-state index in [-0.39, 0.29) is 5.56 Å².